The molecule has 0 spiro atoms. The number of alkyl halides is 3. The van der Waals surface area contributed by atoms with Gasteiger partial charge in [0.05, 0.1) is 0 Å². The second-order valence-corrected chi connectivity index (χ2v) is 4.50. The van der Waals surface area contributed by atoms with Crippen molar-refractivity contribution in [1.29, 1.82) is 0 Å². The molecule has 0 nitrogen and oxygen atoms in total. The van der Waals surface area contributed by atoms with E-state index in [4.69, 9.17) is 0 Å². The minimum absolute atomic E-state index is 0.118. The Morgan fingerprint density at radius 1 is 1.50 bits per heavy atom. The summed E-state index contributed by atoms with van der Waals surface area (Å²) in [5, 5.41) is -1.23. The van der Waals surface area contributed by atoms with Crippen molar-refractivity contribution in [3.05, 3.63) is 10.8 Å². The van der Waals surface area contributed by atoms with Gasteiger partial charge in [-0.1, -0.05) is 6.58 Å². The normalized spacial score (nSPS) is 27.5. The van der Waals surface area contributed by atoms with Gasteiger partial charge in [-0.2, -0.15) is 13.2 Å². The summed E-state index contributed by atoms with van der Waals surface area (Å²) in [5.74, 6) is 0.118. The van der Waals surface area contributed by atoms with Crippen molar-refractivity contribution in [2.75, 3.05) is 5.75 Å². The molecule has 0 aliphatic carbocycles. The molecule has 10 heavy (non-hydrogen) atoms. The highest BCUT2D eigenvalue weighted by Gasteiger charge is 2.43. The third-order valence-corrected chi connectivity index (χ3v) is 3.69. The molecule has 1 rings (SSSR count). The molecule has 0 N–H and O–H groups in total. The molecule has 1 saturated heterocycles. The lowest BCUT2D eigenvalue weighted by Gasteiger charge is -2.10. The molecule has 0 saturated carbocycles. The molecule has 0 amide bonds. The molecule has 0 bridgehead atoms. The maximum absolute atomic E-state index is 11.9. The predicted octanol–water partition coefficient (Wildman–Crippen LogP) is 2.87. The smallest absolute Gasteiger partial charge is 0.170 e. The van der Waals surface area contributed by atoms with Crippen LogP contribution >= 0.6 is 23.5 Å². The molecule has 5 heteroatoms. The summed E-state index contributed by atoms with van der Waals surface area (Å²) in [5.41, 5.74) is 0. The van der Waals surface area contributed by atoms with Crippen molar-refractivity contribution in [3.8, 4) is 0 Å². The molecular weight excluding hydrogens is 181 g/mol. The van der Waals surface area contributed by atoms with Gasteiger partial charge in [0.25, 0.3) is 0 Å². The van der Waals surface area contributed by atoms with Gasteiger partial charge in [0.2, 0.25) is 0 Å². The molecule has 1 heterocycles. The van der Waals surface area contributed by atoms with Crippen LogP contribution < -0.4 is 0 Å². The minimum atomic E-state index is -4.06. The summed E-state index contributed by atoms with van der Waals surface area (Å²) < 4.78 is 36.1. The van der Waals surface area contributed by atoms with Crippen LogP contribution in [0.1, 0.15) is 0 Å². The summed E-state index contributed by atoms with van der Waals surface area (Å²) in [7, 11) is 0. The first-order valence-corrected chi connectivity index (χ1v) is 4.42. The Hall–Kier alpha value is 0.230. The lowest BCUT2D eigenvalue weighted by Crippen LogP contribution is -2.24. The molecule has 1 fully saturated rings. The predicted molar refractivity (Wildman–Crippen MR) is 39.0 cm³/mol. The molecule has 0 aromatic heterocycles. The highest BCUT2D eigenvalue weighted by atomic mass is 32.2. The Morgan fingerprint density at radius 2 is 2.10 bits per heavy atom. The van der Waals surface area contributed by atoms with Crippen molar-refractivity contribution < 1.29 is 13.2 Å². The summed E-state index contributed by atoms with van der Waals surface area (Å²) in [6, 6.07) is 0. The van der Waals surface area contributed by atoms with Crippen LogP contribution in [-0.4, -0.2) is 17.2 Å². The summed E-state index contributed by atoms with van der Waals surface area (Å²) in [4.78, 5) is 0. The minimum Gasteiger partial charge on any atom is -0.170 e. The molecule has 1 aliphatic heterocycles. The molecule has 58 valence electrons. The lowest BCUT2D eigenvalue weighted by molar-refractivity contribution is -0.123. The quantitative estimate of drug-likeness (QED) is 0.570. The highest BCUT2D eigenvalue weighted by Crippen LogP contribution is 2.46. The van der Waals surface area contributed by atoms with E-state index in [1.54, 1.807) is 0 Å². The molecule has 0 aromatic rings. The molecule has 1 atom stereocenters. The van der Waals surface area contributed by atoms with E-state index in [1.807, 2.05) is 0 Å². The van der Waals surface area contributed by atoms with Gasteiger partial charge < -0.3 is 0 Å². The Morgan fingerprint density at radius 3 is 2.30 bits per heavy atom. The van der Waals surface area contributed by atoms with Gasteiger partial charge in [0.15, 0.2) is 0 Å². The number of thioether (sulfide) groups is 2. The van der Waals surface area contributed by atoms with E-state index in [2.05, 4.69) is 6.58 Å². The van der Waals surface area contributed by atoms with Gasteiger partial charge in [-0.3, -0.25) is 0 Å². The van der Waals surface area contributed by atoms with Crippen LogP contribution in [0.2, 0.25) is 0 Å². The first-order valence-electron chi connectivity index (χ1n) is 2.55. The standard InChI is InChI=1S/C5H5F3S2/c1-3-9-2-4(10-3)5(6,7)8/h4H,1-2H2. The molecule has 1 unspecified atom stereocenters. The van der Waals surface area contributed by atoms with Crippen LogP contribution in [0.25, 0.3) is 0 Å². The zero-order chi connectivity index (χ0) is 7.78. The Labute approximate surface area is 65.2 Å². The average Bonchev–Trinajstić information content (AvgIpc) is 2.11. The van der Waals surface area contributed by atoms with E-state index in [0.29, 0.717) is 4.24 Å². The van der Waals surface area contributed by atoms with Gasteiger partial charge in [-0.15, -0.1) is 23.5 Å². The van der Waals surface area contributed by atoms with Crippen LogP contribution in [-0.2, 0) is 0 Å². The van der Waals surface area contributed by atoms with E-state index in [9.17, 15) is 13.2 Å². The van der Waals surface area contributed by atoms with E-state index in [-0.39, 0.29) is 5.75 Å². The largest absolute Gasteiger partial charge is 0.401 e. The highest BCUT2D eigenvalue weighted by molar-refractivity contribution is 8.25. The molecule has 1 aliphatic rings. The first-order chi connectivity index (χ1) is 4.50. The van der Waals surface area contributed by atoms with E-state index in [1.165, 1.54) is 11.8 Å². The van der Waals surface area contributed by atoms with Crippen LogP contribution in [0.4, 0.5) is 13.2 Å². The zero-order valence-electron chi connectivity index (χ0n) is 4.94. The van der Waals surface area contributed by atoms with Crippen LogP contribution in [0.5, 0.6) is 0 Å². The number of hydrogen-bond donors (Lipinski definition) is 0. The zero-order valence-corrected chi connectivity index (χ0v) is 6.57. The second-order valence-electron chi connectivity index (χ2n) is 1.83. The van der Waals surface area contributed by atoms with Gasteiger partial charge >= 0.3 is 6.18 Å². The Kier molecular flexibility index (Phi) is 2.24. The van der Waals surface area contributed by atoms with Crippen LogP contribution in [0, 0.1) is 0 Å². The van der Waals surface area contributed by atoms with E-state index >= 15 is 0 Å². The monoisotopic (exact) mass is 186 g/mol. The molecule has 0 aromatic carbocycles. The molecule has 0 radical (unpaired) electrons. The third kappa shape index (κ3) is 1.85. The van der Waals surface area contributed by atoms with Crippen molar-refractivity contribution in [3.63, 3.8) is 0 Å². The van der Waals surface area contributed by atoms with Gasteiger partial charge in [0, 0.05) is 9.99 Å². The fourth-order valence-corrected chi connectivity index (χ4v) is 2.83. The second kappa shape index (κ2) is 2.70. The van der Waals surface area contributed by atoms with Crippen molar-refractivity contribution in [2.24, 2.45) is 0 Å². The van der Waals surface area contributed by atoms with Gasteiger partial charge in [0.1, 0.15) is 5.25 Å². The Bertz CT molecular complexity index is 151. The first kappa shape index (κ1) is 8.33. The van der Waals surface area contributed by atoms with E-state index < -0.39 is 11.4 Å². The van der Waals surface area contributed by atoms with Crippen molar-refractivity contribution in [2.45, 2.75) is 11.4 Å². The summed E-state index contributed by atoms with van der Waals surface area (Å²) in [6.07, 6.45) is -4.06. The maximum Gasteiger partial charge on any atom is 0.401 e. The third-order valence-electron chi connectivity index (χ3n) is 1.03. The van der Waals surface area contributed by atoms with E-state index in [0.717, 1.165) is 11.8 Å². The van der Waals surface area contributed by atoms with Crippen molar-refractivity contribution in [1.82, 2.24) is 0 Å². The van der Waals surface area contributed by atoms with Crippen LogP contribution in [0.3, 0.4) is 0 Å². The van der Waals surface area contributed by atoms with Crippen molar-refractivity contribution >= 4 is 23.5 Å². The fourth-order valence-electron chi connectivity index (χ4n) is 0.557. The maximum atomic E-state index is 11.9. The van der Waals surface area contributed by atoms with Gasteiger partial charge in [-0.25, -0.2) is 0 Å². The number of hydrogen-bond acceptors (Lipinski definition) is 2. The Balaban J connectivity index is 2.53. The fraction of sp³-hybridized carbons (Fsp3) is 0.600. The number of rotatable bonds is 0. The van der Waals surface area contributed by atoms with Gasteiger partial charge in [-0.05, 0) is 0 Å². The van der Waals surface area contributed by atoms with Crippen LogP contribution in [0.15, 0.2) is 10.8 Å². The summed E-state index contributed by atoms with van der Waals surface area (Å²) in [6.45, 7) is 3.44. The molecular formula is C5H5F3S2. The lowest BCUT2D eigenvalue weighted by atomic mass is 10.5. The topological polar surface area (TPSA) is 0 Å². The number of halogens is 3. The SMILES string of the molecule is C=C1SCC(C(F)(F)F)S1. The summed E-state index contributed by atoms with van der Waals surface area (Å²) >= 11 is 2.00. The average molecular weight is 186 g/mol.